The predicted octanol–water partition coefficient (Wildman–Crippen LogP) is 0.0874. The van der Waals surface area contributed by atoms with Crippen molar-refractivity contribution in [3.8, 4) is 0 Å². The summed E-state index contributed by atoms with van der Waals surface area (Å²) in [6, 6.07) is 1.64. The Morgan fingerprint density at radius 3 is 2.90 bits per heavy atom. The number of hydrogen-bond acceptors (Lipinski definition) is 5. The summed E-state index contributed by atoms with van der Waals surface area (Å²) in [4.78, 5) is 25.5. The number of likely N-dealkylation sites (tertiary alicyclic amines) is 1. The van der Waals surface area contributed by atoms with Crippen molar-refractivity contribution in [2.75, 3.05) is 19.6 Å². The third-order valence-electron chi connectivity index (χ3n) is 4.20. The Balaban J connectivity index is 1.60. The molecule has 21 heavy (non-hydrogen) atoms. The van der Waals surface area contributed by atoms with Gasteiger partial charge in [-0.25, -0.2) is 0 Å². The number of carbonyl (C=O) groups is 2. The first-order chi connectivity index (χ1) is 10.1. The molecule has 1 aromatic heterocycles. The maximum absolute atomic E-state index is 12.2. The summed E-state index contributed by atoms with van der Waals surface area (Å²) in [6.45, 7) is 3.12. The van der Waals surface area contributed by atoms with Gasteiger partial charge in [0.2, 0.25) is 5.91 Å². The normalized spacial score (nSPS) is 25.1. The van der Waals surface area contributed by atoms with Gasteiger partial charge < -0.3 is 20.5 Å². The molecule has 2 heterocycles. The first kappa shape index (κ1) is 14.1. The minimum atomic E-state index is -0.246. The van der Waals surface area contributed by atoms with Crippen LogP contribution in [0.15, 0.2) is 10.6 Å². The van der Waals surface area contributed by atoms with Gasteiger partial charge in [0, 0.05) is 25.1 Å². The van der Waals surface area contributed by atoms with E-state index in [1.807, 2.05) is 6.92 Å². The number of hydrogen-bond donors (Lipinski definition) is 2. The lowest BCUT2D eigenvalue weighted by Crippen LogP contribution is -2.41. The maximum atomic E-state index is 12.2. The van der Waals surface area contributed by atoms with Gasteiger partial charge in [-0.15, -0.1) is 0 Å². The highest BCUT2D eigenvalue weighted by molar-refractivity contribution is 5.92. The van der Waals surface area contributed by atoms with Crippen LogP contribution >= 0.6 is 0 Å². The summed E-state index contributed by atoms with van der Waals surface area (Å²) in [5.41, 5.74) is 5.68. The van der Waals surface area contributed by atoms with E-state index in [-0.39, 0.29) is 30.3 Å². The van der Waals surface area contributed by atoms with Crippen molar-refractivity contribution in [2.24, 2.45) is 11.7 Å². The summed E-state index contributed by atoms with van der Waals surface area (Å²) in [6.07, 6.45) is 2.21. The quantitative estimate of drug-likeness (QED) is 0.819. The van der Waals surface area contributed by atoms with E-state index in [9.17, 15) is 9.59 Å². The van der Waals surface area contributed by atoms with Crippen LogP contribution in [0, 0.1) is 5.92 Å². The molecule has 0 bridgehead atoms. The molecule has 1 saturated carbocycles. The number of carbonyl (C=O) groups excluding carboxylic acids is 2. The molecule has 0 radical (unpaired) electrons. The second kappa shape index (κ2) is 5.48. The minimum absolute atomic E-state index is 0.00141. The van der Waals surface area contributed by atoms with Crippen LogP contribution in [0.2, 0.25) is 0 Å². The molecule has 3 N–H and O–H groups in total. The molecule has 0 spiro atoms. The van der Waals surface area contributed by atoms with Crippen LogP contribution in [0.4, 0.5) is 0 Å². The zero-order valence-corrected chi connectivity index (χ0v) is 12.0. The van der Waals surface area contributed by atoms with Gasteiger partial charge in [-0.05, 0) is 18.8 Å². The van der Waals surface area contributed by atoms with Gasteiger partial charge in [-0.2, -0.15) is 0 Å². The van der Waals surface area contributed by atoms with Gasteiger partial charge >= 0.3 is 0 Å². The molecule has 2 atom stereocenters. The molecular weight excluding hydrogens is 272 g/mol. The zero-order valence-electron chi connectivity index (χ0n) is 12.0. The largest absolute Gasteiger partial charge is 0.360 e. The Morgan fingerprint density at radius 1 is 1.48 bits per heavy atom. The van der Waals surface area contributed by atoms with Crippen LogP contribution < -0.4 is 11.1 Å². The monoisotopic (exact) mass is 292 g/mol. The van der Waals surface area contributed by atoms with Crippen LogP contribution in [0.3, 0.4) is 0 Å². The Hall–Kier alpha value is -1.89. The van der Waals surface area contributed by atoms with Gasteiger partial charge in [-0.1, -0.05) is 12.1 Å². The Bertz CT molecular complexity index is 552. The molecule has 1 aliphatic carbocycles. The molecular formula is C14H20N4O3. The molecule has 2 fully saturated rings. The van der Waals surface area contributed by atoms with Crippen LogP contribution in [-0.4, -0.2) is 47.5 Å². The standard InChI is InChI=1S/C14H20N4O3/c1-8-6-18(13(19)5-15)7-11(8)16-14(20)10-4-12(21-17-10)9-2-3-9/h4,8-9,11H,2-3,5-7,15H2,1H3,(H,16,20). The van der Waals surface area contributed by atoms with Crippen molar-refractivity contribution in [3.63, 3.8) is 0 Å². The van der Waals surface area contributed by atoms with Crippen molar-refractivity contribution < 1.29 is 14.1 Å². The highest BCUT2D eigenvalue weighted by atomic mass is 16.5. The number of nitrogens with one attached hydrogen (secondary N) is 1. The van der Waals surface area contributed by atoms with Crippen LogP contribution in [-0.2, 0) is 4.79 Å². The average Bonchev–Trinajstić information content (AvgIpc) is 3.09. The fourth-order valence-electron chi connectivity index (χ4n) is 2.69. The first-order valence-corrected chi connectivity index (χ1v) is 7.33. The summed E-state index contributed by atoms with van der Waals surface area (Å²) < 4.78 is 5.19. The summed E-state index contributed by atoms with van der Waals surface area (Å²) >= 11 is 0. The minimum Gasteiger partial charge on any atom is -0.360 e. The topological polar surface area (TPSA) is 101 Å². The molecule has 2 amide bonds. The summed E-state index contributed by atoms with van der Waals surface area (Å²) in [5.74, 6) is 1.08. The lowest BCUT2D eigenvalue weighted by Gasteiger charge is -2.16. The summed E-state index contributed by atoms with van der Waals surface area (Å²) in [5, 5.41) is 6.76. The van der Waals surface area contributed by atoms with Gasteiger partial charge in [-0.3, -0.25) is 9.59 Å². The fourth-order valence-corrected chi connectivity index (χ4v) is 2.69. The second-order valence-electron chi connectivity index (χ2n) is 5.95. The summed E-state index contributed by atoms with van der Waals surface area (Å²) in [7, 11) is 0. The zero-order chi connectivity index (χ0) is 15.0. The van der Waals surface area contributed by atoms with Crippen LogP contribution in [0.1, 0.15) is 41.9 Å². The SMILES string of the molecule is CC1CN(C(=O)CN)CC1NC(=O)c1cc(C2CC2)on1. The lowest BCUT2D eigenvalue weighted by molar-refractivity contribution is -0.128. The van der Waals surface area contributed by atoms with E-state index in [2.05, 4.69) is 10.5 Å². The van der Waals surface area contributed by atoms with E-state index in [0.29, 0.717) is 24.7 Å². The Kier molecular flexibility index (Phi) is 3.67. The van der Waals surface area contributed by atoms with E-state index >= 15 is 0 Å². The molecule has 7 heteroatoms. The van der Waals surface area contributed by atoms with E-state index in [1.54, 1.807) is 11.0 Å². The smallest absolute Gasteiger partial charge is 0.273 e. The van der Waals surface area contributed by atoms with E-state index < -0.39 is 0 Å². The molecule has 2 aliphatic rings. The maximum Gasteiger partial charge on any atom is 0.273 e. The second-order valence-corrected chi connectivity index (χ2v) is 5.95. The van der Waals surface area contributed by atoms with Crippen molar-refractivity contribution >= 4 is 11.8 Å². The number of rotatable bonds is 4. The number of amides is 2. The van der Waals surface area contributed by atoms with Gasteiger partial charge in [0.15, 0.2) is 5.69 Å². The fraction of sp³-hybridized carbons (Fsp3) is 0.643. The third kappa shape index (κ3) is 2.92. The molecule has 114 valence electrons. The van der Waals surface area contributed by atoms with Crippen LogP contribution in [0.25, 0.3) is 0 Å². The van der Waals surface area contributed by atoms with Crippen molar-refractivity contribution in [3.05, 3.63) is 17.5 Å². The Morgan fingerprint density at radius 2 is 2.24 bits per heavy atom. The molecule has 1 aliphatic heterocycles. The molecule has 3 rings (SSSR count). The molecule has 7 nitrogen and oxygen atoms in total. The van der Waals surface area contributed by atoms with E-state index in [0.717, 1.165) is 18.6 Å². The molecule has 1 aromatic rings. The van der Waals surface area contributed by atoms with E-state index in [4.69, 9.17) is 10.3 Å². The molecule has 0 aromatic carbocycles. The van der Waals surface area contributed by atoms with E-state index in [1.165, 1.54) is 0 Å². The lowest BCUT2D eigenvalue weighted by atomic mass is 10.1. The number of aromatic nitrogens is 1. The Labute approximate surface area is 122 Å². The van der Waals surface area contributed by atoms with Crippen LogP contribution in [0.5, 0.6) is 0 Å². The van der Waals surface area contributed by atoms with Gasteiger partial charge in [0.05, 0.1) is 12.6 Å². The van der Waals surface area contributed by atoms with Crippen molar-refractivity contribution in [2.45, 2.75) is 31.7 Å². The number of nitrogens with two attached hydrogens (primary N) is 1. The molecule has 1 saturated heterocycles. The van der Waals surface area contributed by atoms with Gasteiger partial charge in [0.1, 0.15) is 5.76 Å². The predicted molar refractivity (Wildman–Crippen MR) is 74.5 cm³/mol. The highest BCUT2D eigenvalue weighted by Crippen LogP contribution is 2.40. The van der Waals surface area contributed by atoms with Crippen molar-refractivity contribution in [1.82, 2.24) is 15.4 Å². The molecule has 2 unspecified atom stereocenters. The first-order valence-electron chi connectivity index (χ1n) is 7.33. The highest BCUT2D eigenvalue weighted by Gasteiger charge is 2.34. The number of nitrogens with zero attached hydrogens (tertiary/aromatic N) is 2. The average molecular weight is 292 g/mol. The third-order valence-corrected chi connectivity index (χ3v) is 4.20. The van der Waals surface area contributed by atoms with Gasteiger partial charge in [0.25, 0.3) is 5.91 Å². The van der Waals surface area contributed by atoms with Crippen molar-refractivity contribution in [1.29, 1.82) is 0 Å².